The second-order valence-electron chi connectivity index (χ2n) is 8.18. The van der Waals surface area contributed by atoms with E-state index in [4.69, 9.17) is 4.74 Å². The van der Waals surface area contributed by atoms with Crippen LogP contribution in [0.5, 0.6) is 0 Å². The minimum Gasteiger partial charge on any atom is -0.372 e. The van der Waals surface area contributed by atoms with E-state index < -0.39 is 0 Å². The largest absolute Gasteiger partial charge is 0.372 e. The Morgan fingerprint density at radius 1 is 1.09 bits per heavy atom. The van der Waals surface area contributed by atoms with Gasteiger partial charge in [0.1, 0.15) is 5.82 Å². The Morgan fingerprint density at radius 2 is 1.81 bits per heavy atom. The molecule has 9 nitrogen and oxygen atoms in total. The van der Waals surface area contributed by atoms with Gasteiger partial charge in [0.15, 0.2) is 0 Å². The molecule has 4 rings (SSSR count). The van der Waals surface area contributed by atoms with Gasteiger partial charge < -0.3 is 15.0 Å². The van der Waals surface area contributed by atoms with E-state index in [1.165, 1.54) is 5.01 Å². The number of hydrogen-bond acceptors (Lipinski definition) is 6. The Kier molecular flexibility index (Phi) is 6.36. The Labute approximate surface area is 186 Å². The van der Waals surface area contributed by atoms with E-state index >= 15 is 0 Å². The zero-order chi connectivity index (χ0) is 22.7. The van der Waals surface area contributed by atoms with E-state index in [0.717, 1.165) is 24.5 Å². The molecule has 3 amide bonds. The number of morpholine rings is 1. The van der Waals surface area contributed by atoms with Crippen molar-refractivity contribution >= 4 is 29.2 Å². The summed E-state index contributed by atoms with van der Waals surface area (Å²) in [5, 5.41) is 4.10. The minimum atomic E-state index is -0.231. The van der Waals surface area contributed by atoms with Gasteiger partial charge >= 0.3 is 0 Å². The van der Waals surface area contributed by atoms with Crippen LogP contribution in [0.25, 0.3) is 0 Å². The lowest BCUT2D eigenvalue weighted by Gasteiger charge is -2.36. The maximum Gasteiger partial charge on any atom is 0.251 e. The third kappa shape index (κ3) is 5.05. The summed E-state index contributed by atoms with van der Waals surface area (Å²) < 4.78 is 5.77. The van der Waals surface area contributed by atoms with Crippen molar-refractivity contribution in [2.24, 2.45) is 0 Å². The monoisotopic (exact) mass is 437 g/mol. The minimum absolute atomic E-state index is 0.162. The number of carbonyl (C=O) groups excluding carboxylic acids is 3. The fraction of sp³-hybridized carbons (Fsp3) is 0.391. The number of pyridine rings is 1. The molecule has 2 unspecified atom stereocenters. The van der Waals surface area contributed by atoms with Crippen molar-refractivity contribution in [1.29, 1.82) is 0 Å². The molecule has 2 aliphatic heterocycles. The van der Waals surface area contributed by atoms with Crippen molar-refractivity contribution in [2.45, 2.75) is 45.4 Å². The first-order valence-corrected chi connectivity index (χ1v) is 10.7. The van der Waals surface area contributed by atoms with E-state index in [-0.39, 0.29) is 42.8 Å². The summed E-state index contributed by atoms with van der Waals surface area (Å²) in [6.45, 7) is 6.07. The normalized spacial score (nSPS) is 21.3. The Hall–Kier alpha value is -3.46. The predicted octanol–water partition coefficient (Wildman–Crippen LogP) is 1.78. The van der Waals surface area contributed by atoms with Crippen LogP contribution < -0.4 is 20.7 Å². The summed E-state index contributed by atoms with van der Waals surface area (Å²) in [5.74, 6) is 0.282. The molecule has 0 radical (unpaired) electrons. The summed E-state index contributed by atoms with van der Waals surface area (Å²) in [5.41, 5.74) is 4.42. The van der Waals surface area contributed by atoms with Crippen LogP contribution in [0.4, 0.5) is 11.5 Å². The molecule has 2 aromatic rings. The van der Waals surface area contributed by atoms with Crippen LogP contribution in [0.1, 0.15) is 42.6 Å². The number of hydrazine groups is 1. The lowest BCUT2D eigenvalue weighted by atomic mass is 10.1. The highest BCUT2D eigenvalue weighted by atomic mass is 16.5. The number of ether oxygens (including phenoxy) is 1. The van der Waals surface area contributed by atoms with E-state index in [1.54, 1.807) is 30.5 Å². The van der Waals surface area contributed by atoms with Gasteiger partial charge in [-0.15, -0.1) is 0 Å². The molecule has 2 saturated heterocycles. The lowest BCUT2D eigenvalue weighted by Crippen LogP contribution is -2.50. The average Bonchev–Trinajstić information content (AvgIpc) is 2.79. The molecule has 2 fully saturated rings. The molecule has 2 N–H and O–H groups in total. The number of anilines is 2. The molecule has 0 aliphatic carbocycles. The van der Waals surface area contributed by atoms with Gasteiger partial charge in [-0.3, -0.25) is 19.8 Å². The first-order valence-electron chi connectivity index (χ1n) is 10.7. The molecule has 3 heterocycles. The van der Waals surface area contributed by atoms with Crippen molar-refractivity contribution < 1.29 is 19.1 Å². The van der Waals surface area contributed by atoms with Crippen LogP contribution in [-0.4, -0.2) is 48.0 Å². The van der Waals surface area contributed by atoms with Crippen LogP contribution in [0.15, 0.2) is 42.6 Å². The van der Waals surface area contributed by atoms with E-state index in [1.807, 2.05) is 12.1 Å². The van der Waals surface area contributed by atoms with Crippen LogP contribution in [0.2, 0.25) is 0 Å². The van der Waals surface area contributed by atoms with Crippen LogP contribution in [-0.2, 0) is 20.9 Å². The number of rotatable bonds is 5. The Bertz CT molecular complexity index is 982. The molecule has 2 atom stereocenters. The number of hydrogen-bond donors (Lipinski definition) is 2. The summed E-state index contributed by atoms with van der Waals surface area (Å²) >= 11 is 0. The number of aromatic nitrogens is 1. The summed E-state index contributed by atoms with van der Waals surface area (Å²) in [6, 6.07) is 10.5. The van der Waals surface area contributed by atoms with Crippen LogP contribution >= 0.6 is 0 Å². The molecule has 1 aromatic heterocycles. The first kappa shape index (κ1) is 21.8. The zero-order valence-corrected chi connectivity index (χ0v) is 18.2. The average molecular weight is 438 g/mol. The fourth-order valence-corrected chi connectivity index (χ4v) is 3.90. The molecule has 2 aliphatic rings. The van der Waals surface area contributed by atoms with Gasteiger partial charge in [0.05, 0.1) is 17.9 Å². The van der Waals surface area contributed by atoms with Gasteiger partial charge in [-0.25, -0.2) is 9.99 Å². The predicted molar refractivity (Wildman–Crippen MR) is 119 cm³/mol. The first-order chi connectivity index (χ1) is 15.4. The number of carbonyl (C=O) groups is 3. The molecule has 32 heavy (non-hydrogen) atoms. The van der Waals surface area contributed by atoms with Crippen molar-refractivity contribution in [3.05, 3.63) is 53.7 Å². The smallest absolute Gasteiger partial charge is 0.251 e. The maximum atomic E-state index is 12.5. The zero-order valence-electron chi connectivity index (χ0n) is 18.2. The molecule has 0 spiro atoms. The number of benzene rings is 1. The number of amides is 3. The van der Waals surface area contributed by atoms with E-state index in [2.05, 4.69) is 34.5 Å². The SMILES string of the molecule is CC1CN(c2ccc(CNC(=O)c3ccc(N4NC(=O)CCC4=O)cc3)cn2)CC(C)O1. The molecule has 9 heteroatoms. The molecule has 0 saturated carbocycles. The highest BCUT2D eigenvalue weighted by Gasteiger charge is 2.25. The molecule has 1 aromatic carbocycles. The fourth-order valence-electron chi connectivity index (χ4n) is 3.90. The van der Waals surface area contributed by atoms with Gasteiger partial charge in [-0.05, 0) is 49.7 Å². The second kappa shape index (κ2) is 9.35. The quantitative estimate of drug-likeness (QED) is 0.739. The van der Waals surface area contributed by atoms with Gasteiger partial charge in [0.2, 0.25) is 11.8 Å². The number of nitrogens with one attached hydrogen (secondary N) is 2. The van der Waals surface area contributed by atoms with Gasteiger partial charge in [-0.1, -0.05) is 6.07 Å². The van der Waals surface area contributed by atoms with Crippen molar-refractivity contribution in [3.8, 4) is 0 Å². The molecular weight excluding hydrogens is 410 g/mol. The van der Waals surface area contributed by atoms with Crippen LogP contribution in [0, 0.1) is 0 Å². The van der Waals surface area contributed by atoms with Crippen molar-refractivity contribution in [3.63, 3.8) is 0 Å². The highest BCUT2D eigenvalue weighted by molar-refractivity contribution is 6.01. The Balaban J connectivity index is 1.32. The third-order valence-corrected chi connectivity index (χ3v) is 5.45. The standard InChI is InChI=1S/C23H27N5O4/c1-15-13-27(14-16(2)32-15)20-8-3-17(11-24-20)12-25-23(31)18-4-6-19(7-5-18)28-22(30)10-9-21(29)26-28/h3-8,11,15-16H,9-10,12-14H2,1-2H3,(H,25,31)(H,26,29). The van der Waals surface area contributed by atoms with E-state index in [0.29, 0.717) is 17.8 Å². The lowest BCUT2D eigenvalue weighted by molar-refractivity contribution is -0.130. The van der Waals surface area contributed by atoms with Crippen molar-refractivity contribution in [2.75, 3.05) is 23.0 Å². The molecule has 168 valence electrons. The maximum absolute atomic E-state index is 12.5. The topological polar surface area (TPSA) is 104 Å². The van der Waals surface area contributed by atoms with Crippen LogP contribution in [0.3, 0.4) is 0 Å². The van der Waals surface area contributed by atoms with Gasteiger partial charge in [0, 0.05) is 44.2 Å². The summed E-state index contributed by atoms with van der Waals surface area (Å²) in [6.07, 6.45) is 2.46. The molecule has 0 bridgehead atoms. The third-order valence-electron chi connectivity index (χ3n) is 5.45. The van der Waals surface area contributed by atoms with Gasteiger partial charge in [0.25, 0.3) is 5.91 Å². The Morgan fingerprint density at radius 3 is 2.47 bits per heavy atom. The van der Waals surface area contributed by atoms with Gasteiger partial charge in [-0.2, -0.15) is 0 Å². The van der Waals surface area contributed by atoms with Crippen molar-refractivity contribution in [1.82, 2.24) is 15.7 Å². The molecular formula is C23H27N5O4. The summed E-state index contributed by atoms with van der Waals surface area (Å²) in [7, 11) is 0. The second-order valence-corrected chi connectivity index (χ2v) is 8.18. The summed E-state index contributed by atoms with van der Waals surface area (Å²) in [4.78, 5) is 42.8. The van der Waals surface area contributed by atoms with E-state index in [9.17, 15) is 14.4 Å². The highest BCUT2D eigenvalue weighted by Crippen LogP contribution is 2.19. The number of nitrogens with zero attached hydrogens (tertiary/aromatic N) is 3.